The molecular formula is C74H56N2. The van der Waals surface area contributed by atoms with Gasteiger partial charge in [0.15, 0.2) is 0 Å². The first-order valence-electron chi connectivity index (χ1n) is 26.4. The van der Waals surface area contributed by atoms with Crippen molar-refractivity contribution in [2.45, 2.75) is 26.2 Å². The van der Waals surface area contributed by atoms with Gasteiger partial charge in [0.2, 0.25) is 0 Å². The van der Waals surface area contributed by atoms with Crippen molar-refractivity contribution < 1.29 is 0 Å². The maximum atomic E-state index is 2.42. The highest BCUT2D eigenvalue weighted by molar-refractivity contribution is 6.06. The third-order valence-corrected chi connectivity index (χ3v) is 15.6. The van der Waals surface area contributed by atoms with E-state index in [1.165, 1.54) is 83.1 Å². The molecule has 0 unspecified atom stereocenters. The van der Waals surface area contributed by atoms with Gasteiger partial charge in [0.1, 0.15) is 0 Å². The van der Waals surface area contributed by atoms with Crippen molar-refractivity contribution in [2.24, 2.45) is 0 Å². The van der Waals surface area contributed by atoms with E-state index >= 15 is 0 Å². The van der Waals surface area contributed by atoms with Crippen LogP contribution in [0.4, 0.5) is 34.1 Å². The molecule has 0 saturated heterocycles. The van der Waals surface area contributed by atoms with Crippen LogP contribution in [-0.2, 0) is 5.41 Å². The lowest BCUT2D eigenvalue weighted by Crippen LogP contribution is -2.16. The Morgan fingerprint density at radius 1 is 0.276 bits per heavy atom. The molecule has 0 spiro atoms. The summed E-state index contributed by atoms with van der Waals surface area (Å²) in [5.74, 6) is 0. The largest absolute Gasteiger partial charge is 0.310 e. The van der Waals surface area contributed by atoms with E-state index in [4.69, 9.17) is 0 Å². The molecule has 76 heavy (non-hydrogen) atoms. The molecule has 0 N–H and O–H groups in total. The predicted molar refractivity (Wildman–Crippen MR) is 323 cm³/mol. The van der Waals surface area contributed by atoms with Crippen LogP contribution in [0.2, 0.25) is 0 Å². The molecule has 0 heterocycles. The lowest BCUT2D eigenvalue weighted by molar-refractivity contribution is 0.660. The van der Waals surface area contributed by atoms with Gasteiger partial charge < -0.3 is 9.80 Å². The lowest BCUT2D eigenvalue weighted by Gasteiger charge is -2.29. The minimum Gasteiger partial charge on any atom is -0.310 e. The highest BCUT2D eigenvalue weighted by Gasteiger charge is 2.36. The Balaban J connectivity index is 0.936. The quantitative estimate of drug-likeness (QED) is 0.127. The van der Waals surface area contributed by atoms with Crippen molar-refractivity contribution in [1.82, 2.24) is 0 Å². The second-order valence-corrected chi connectivity index (χ2v) is 20.5. The Bertz CT molecular complexity index is 4050. The summed E-state index contributed by atoms with van der Waals surface area (Å²) >= 11 is 0. The first-order chi connectivity index (χ1) is 37.4. The molecule has 1 aliphatic carbocycles. The smallest absolute Gasteiger partial charge is 0.0546 e. The maximum Gasteiger partial charge on any atom is 0.0546 e. The van der Waals surface area contributed by atoms with Crippen molar-refractivity contribution >= 4 is 44.9 Å². The summed E-state index contributed by atoms with van der Waals surface area (Å²) in [5.41, 5.74) is 25.0. The molecular weight excluding hydrogens is 917 g/mol. The van der Waals surface area contributed by atoms with E-state index in [-0.39, 0.29) is 5.41 Å². The van der Waals surface area contributed by atoms with Gasteiger partial charge in [-0.3, -0.25) is 0 Å². The number of rotatable bonds is 11. The highest BCUT2D eigenvalue weighted by atomic mass is 15.1. The molecule has 12 aromatic rings. The van der Waals surface area contributed by atoms with Crippen molar-refractivity contribution in [3.05, 3.63) is 302 Å². The number of aryl methyl sites for hydroxylation is 1. The summed E-state index contributed by atoms with van der Waals surface area (Å²) in [4.78, 5) is 4.81. The van der Waals surface area contributed by atoms with Gasteiger partial charge >= 0.3 is 0 Å². The molecule has 0 aromatic heterocycles. The number of fused-ring (bicyclic) bond motifs is 4. The van der Waals surface area contributed by atoms with Gasteiger partial charge in [-0.25, -0.2) is 0 Å². The van der Waals surface area contributed by atoms with Crippen LogP contribution >= 0.6 is 0 Å². The van der Waals surface area contributed by atoms with Crippen molar-refractivity contribution in [3.63, 3.8) is 0 Å². The first-order valence-corrected chi connectivity index (χ1v) is 26.4. The zero-order chi connectivity index (χ0) is 51.2. The highest BCUT2D eigenvalue weighted by Crippen LogP contribution is 2.52. The van der Waals surface area contributed by atoms with Crippen molar-refractivity contribution in [1.29, 1.82) is 0 Å². The van der Waals surface area contributed by atoms with Crippen molar-refractivity contribution in [2.75, 3.05) is 9.80 Å². The van der Waals surface area contributed by atoms with E-state index in [0.29, 0.717) is 0 Å². The van der Waals surface area contributed by atoms with E-state index in [0.717, 1.165) is 45.3 Å². The first kappa shape index (κ1) is 46.3. The average molecular weight is 973 g/mol. The Hall–Kier alpha value is -9.50. The van der Waals surface area contributed by atoms with E-state index in [9.17, 15) is 0 Å². The Morgan fingerprint density at radius 2 is 0.697 bits per heavy atom. The van der Waals surface area contributed by atoms with Gasteiger partial charge in [0, 0.05) is 39.4 Å². The standard InChI is InChI=1S/C74H56N2/c1-51-22-16-18-32-62(51)73-63-33-19-17-27-54(63)40-47-72(73)76(58-30-14-7-15-31-58)60-43-38-56(39-44-60)69-50-66(52-23-8-4-9-24-52)68(49-67(69)53-25-10-5-11-26-53)55-36-41-59(42-37-55)75(57-28-12-6-13-29-57)61-45-46-65-64-34-20-21-35-70(64)74(2,3)71(65)48-61/h4-50H,1-3H3. The minimum atomic E-state index is -0.112. The monoisotopic (exact) mass is 972 g/mol. The molecule has 0 bridgehead atoms. The van der Waals surface area contributed by atoms with Gasteiger partial charge in [0.05, 0.1) is 5.69 Å². The topological polar surface area (TPSA) is 6.48 Å². The molecule has 13 rings (SSSR count). The third kappa shape index (κ3) is 8.25. The summed E-state index contributed by atoms with van der Waals surface area (Å²) in [6, 6.07) is 104. The molecule has 2 heteroatoms. The fourth-order valence-electron chi connectivity index (χ4n) is 11.8. The molecule has 0 aliphatic heterocycles. The van der Waals surface area contributed by atoms with E-state index in [2.05, 4.69) is 316 Å². The molecule has 0 saturated carbocycles. The summed E-state index contributed by atoms with van der Waals surface area (Å²) in [6.07, 6.45) is 0. The molecule has 0 radical (unpaired) electrons. The number of benzene rings is 12. The van der Waals surface area contributed by atoms with Gasteiger partial charge in [-0.15, -0.1) is 0 Å². The van der Waals surface area contributed by atoms with Crippen LogP contribution in [0.25, 0.3) is 77.5 Å². The number of hydrogen-bond acceptors (Lipinski definition) is 2. The third-order valence-electron chi connectivity index (χ3n) is 15.6. The normalized spacial score (nSPS) is 12.2. The second kappa shape index (κ2) is 19.4. The minimum absolute atomic E-state index is 0.112. The van der Waals surface area contributed by atoms with Crippen LogP contribution in [0.5, 0.6) is 0 Å². The summed E-state index contributed by atoms with van der Waals surface area (Å²) in [5, 5.41) is 2.45. The Labute approximate surface area is 447 Å². The SMILES string of the molecule is Cc1ccccc1-c1c(N(c2ccccc2)c2ccc(-c3cc(-c4ccccc4)c(-c4ccc(N(c5ccccc5)c5ccc6c(c5)C(C)(C)c5ccccc5-6)cc4)cc3-c3ccccc3)cc2)ccc2ccccc12. The molecule has 0 fully saturated rings. The molecule has 362 valence electrons. The molecule has 1 aliphatic rings. The van der Waals surface area contributed by atoms with E-state index < -0.39 is 0 Å². The predicted octanol–water partition coefficient (Wildman–Crippen LogP) is 20.7. The van der Waals surface area contributed by atoms with E-state index in [1.54, 1.807) is 0 Å². The summed E-state index contributed by atoms with van der Waals surface area (Å²) < 4.78 is 0. The van der Waals surface area contributed by atoms with Crippen molar-refractivity contribution in [3.8, 4) is 66.8 Å². The zero-order valence-electron chi connectivity index (χ0n) is 43.0. The van der Waals surface area contributed by atoms with Crippen LogP contribution < -0.4 is 9.80 Å². The Morgan fingerprint density at radius 3 is 1.28 bits per heavy atom. The Kier molecular flexibility index (Phi) is 11.8. The molecule has 2 nitrogen and oxygen atoms in total. The lowest BCUT2D eigenvalue weighted by atomic mass is 9.82. The number of hydrogen-bond donors (Lipinski definition) is 0. The molecule has 0 amide bonds. The van der Waals surface area contributed by atoms with Gasteiger partial charge in [0.25, 0.3) is 0 Å². The second-order valence-electron chi connectivity index (χ2n) is 20.5. The van der Waals surface area contributed by atoms with Gasteiger partial charge in [-0.1, -0.05) is 220 Å². The zero-order valence-corrected chi connectivity index (χ0v) is 43.0. The number of para-hydroxylation sites is 2. The van der Waals surface area contributed by atoms with E-state index in [1.807, 2.05) is 0 Å². The van der Waals surface area contributed by atoms with Crippen LogP contribution in [0.15, 0.2) is 285 Å². The number of anilines is 6. The van der Waals surface area contributed by atoms with Crippen LogP contribution in [-0.4, -0.2) is 0 Å². The van der Waals surface area contributed by atoms with Crippen LogP contribution in [0, 0.1) is 6.92 Å². The molecule has 0 atom stereocenters. The van der Waals surface area contributed by atoms with Gasteiger partial charge in [-0.05, 0) is 174 Å². The maximum absolute atomic E-state index is 2.42. The van der Waals surface area contributed by atoms with Crippen LogP contribution in [0.3, 0.4) is 0 Å². The van der Waals surface area contributed by atoms with Gasteiger partial charge in [-0.2, -0.15) is 0 Å². The van der Waals surface area contributed by atoms with Crippen LogP contribution in [0.1, 0.15) is 30.5 Å². The summed E-state index contributed by atoms with van der Waals surface area (Å²) in [7, 11) is 0. The number of nitrogens with zero attached hydrogens (tertiary/aromatic N) is 2. The fraction of sp³-hybridized carbons (Fsp3) is 0.0541. The fourth-order valence-corrected chi connectivity index (χ4v) is 11.8. The molecule has 12 aromatic carbocycles. The average Bonchev–Trinajstić information content (AvgIpc) is 3.75. The summed E-state index contributed by atoms with van der Waals surface area (Å²) in [6.45, 7) is 6.92.